The molecule has 0 saturated heterocycles. The van der Waals surface area contributed by atoms with Crippen molar-refractivity contribution in [1.82, 2.24) is 4.31 Å². The van der Waals surface area contributed by atoms with Gasteiger partial charge in [-0.25, -0.2) is 12.7 Å². The zero-order valence-electron chi connectivity index (χ0n) is 11.0. The first kappa shape index (κ1) is 14.9. The van der Waals surface area contributed by atoms with Gasteiger partial charge in [-0.1, -0.05) is 0 Å². The van der Waals surface area contributed by atoms with E-state index in [1.54, 1.807) is 39.3 Å². The van der Waals surface area contributed by atoms with Crippen LogP contribution < -0.4 is 10.5 Å². The molecule has 0 atom stereocenters. The van der Waals surface area contributed by atoms with Crippen molar-refractivity contribution in [3.63, 3.8) is 0 Å². The van der Waals surface area contributed by atoms with Crippen LogP contribution in [0.15, 0.2) is 23.1 Å². The Hall–Kier alpha value is -1.11. The fraction of sp³-hybridized carbons (Fsp3) is 0.500. The lowest BCUT2D eigenvalue weighted by Gasteiger charge is -2.18. The number of sulfonamides is 1. The monoisotopic (exact) mass is 272 g/mol. The van der Waals surface area contributed by atoms with Gasteiger partial charge in [0.05, 0.1) is 12.0 Å². The van der Waals surface area contributed by atoms with Crippen molar-refractivity contribution in [2.45, 2.75) is 18.2 Å². The van der Waals surface area contributed by atoms with Crippen LogP contribution in [0.1, 0.15) is 12.0 Å². The fourth-order valence-electron chi connectivity index (χ4n) is 1.64. The molecule has 18 heavy (non-hydrogen) atoms. The van der Waals surface area contributed by atoms with E-state index in [1.807, 2.05) is 0 Å². The highest BCUT2D eigenvalue weighted by Gasteiger charge is 2.22. The molecule has 0 aliphatic rings. The number of hydrogen-bond acceptors (Lipinski definition) is 4. The molecule has 0 amide bonds. The molecule has 1 rings (SSSR count). The van der Waals surface area contributed by atoms with E-state index >= 15 is 0 Å². The van der Waals surface area contributed by atoms with Crippen LogP contribution in [0.5, 0.6) is 5.75 Å². The molecule has 0 bridgehead atoms. The van der Waals surface area contributed by atoms with Crippen molar-refractivity contribution in [3.8, 4) is 5.75 Å². The van der Waals surface area contributed by atoms with Crippen LogP contribution in [-0.2, 0) is 10.0 Å². The maximum absolute atomic E-state index is 12.3. The predicted molar refractivity (Wildman–Crippen MR) is 71.2 cm³/mol. The summed E-state index contributed by atoms with van der Waals surface area (Å²) in [5.74, 6) is 0.649. The minimum Gasteiger partial charge on any atom is -0.497 e. The molecule has 0 saturated carbocycles. The molecule has 2 N–H and O–H groups in total. The molecule has 0 aliphatic heterocycles. The second kappa shape index (κ2) is 6.17. The quantitative estimate of drug-likeness (QED) is 0.837. The Labute approximate surface area is 109 Å². The number of rotatable bonds is 6. The first-order valence-electron chi connectivity index (χ1n) is 5.74. The minimum absolute atomic E-state index is 0.308. The zero-order chi connectivity index (χ0) is 13.8. The van der Waals surface area contributed by atoms with Crippen molar-refractivity contribution in [2.24, 2.45) is 5.73 Å². The highest BCUT2D eigenvalue weighted by atomic mass is 32.2. The molecule has 1 aromatic carbocycles. The van der Waals surface area contributed by atoms with Crippen LogP contribution in [-0.4, -0.2) is 40.0 Å². The van der Waals surface area contributed by atoms with Gasteiger partial charge in [-0.3, -0.25) is 0 Å². The third-order valence-electron chi connectivity index (χ3n) is 2.75. The van der Waals surface area contributed by atoms with Gasteiger partial charge in [0.15, 0.2) is 0 Å². The molecule has 6 heteroatoms. The van der Waals surface area contributed by atoms with Crippen LogP contribution in [0.3, 0.4) is 0 Å². The molecule has 0 heterocycles. The summed E-state index contributed by atoms with van der Waals surface area (Å²) < 4.78 is 31.0. The number of nitrogens with two attached hydrogens (primary N) is 1. The van der Waals surface area contributed by atoms with Gasteiger partial charge in [-0.2, -0.15) is 0 Å². The van der Waals surface area contributed by atoms with E-state index in [4.69, 9.17) is 10.5 Å². The van der Waals surface area contributed by atoms with Crippen molar-refractivity contribution in [3.05, 3.63) is 23.8 Å². The SMILES string of the molecule is COc1ccc(S(=O)(=O)N(C)CCCN)c(C)c1. The summed E-state index contributed by atoms with van der Waals surface area (Å²) >= 11 is 0. The molecule has 0 spiro atoms. The van der Waals surface area contributed by atoms with Gasteiger partial charge < -0.3 is 10.5 Å². The highest BCUT2D eigenvalue weighted by molar-refractivity contribution is 7.89. The van der Waals surface area contributed by atoms with Crippen molar-refractivity contribution in [2.75, 3.05) is 27.2 Å². The summed E-state index contributed by atoms with van der Waals surface area (Å²) in [5, 5.41) is 0. The number of methoxy groups -OCH3 is 1. The molecule has 0 aromatic heterocycles. The molecule has 5 nitrogen and oxygen atoms in total. The lowest BCUT2D eigenvalue weighted by atomic mass is 10.2. The van der Waals surface area contributed by atoms with Crippen LogP contribution >= 0.6 is 0 Å². The molecule has 0 fully saturated rings. The Bertz CT molecular complexity index is 500. The first-order valence-corrected chi connectivity index (χ1v) is 7.18. The summed E-state index contributed by atoms with van der Waals surface area (Å²) in [6.07, 6.45) is 0.644. The lowest BCUT2D eigenvalue weighted by molar-refractivity contribution is 0.413. The number of aryl methyl sites for hydroxylation is 1. The Morgan fingerprint density at radius 3 is 2.56 bits per heavy atom. The Morgan fingerprint density at radius 1 is 1.39 bits per heavy atom. The third kappa shape index (κ3) is 3.22. The third-order valence-corrected chi connectivity index (χ3v) is 4.76. The molecule has 102 valence electrons. The molecule has 0 unspecified atom stereocenters. The Balaban J connectivity index is 3.05. The first-order chi connectivity index (χ1) is 8.43. The van der Waals surface area contributed by atoms with Gasteiger partial charge in [-0.15, -0.1) is 0 Å². The number of hydrogen-bond donors (Lipinski definition) is 1. The van der Waals surface area contributed by atoms with Crippen molar-refractivity contribution < 1.29 is 13.2 Å². The number of ether oxygens (including phenoxy) is 1. The fourth-order valence-corrected chi connectivity index (χ4v) is 3.05. The molecule has 1 aromatic rings. The van der Waals surface area contributed by atoms with Crippen LogP contribution in [0.4, 0.5) is 0 Å². The van der Waals surface area contributed by atoms with Crippen LogP contribution in [0.25, 0.3) is 0 Å². The van der Waals surface area contributed by atoms with Crippen LogP contribution in [0.2, 0.25) is 0 Å². The number of benzene rings is 1. The van der Waals surface area contributed by atoms with Gasteiger partial charge in [-0.05, 0) is 43.7 Å². The Morgan fingerprint density at radius 2 is 2.06 bits per heavy atom. The summed E-state index contributed by atoms with van der Waals surface area (Å²) in [6, 6.07) is 4.93. The maximum Gasteiger partial charge on any atom is 0.243 e. The second-order valence-electron chi connectivity index (χ2n) is 4.10. The van der Waals surface area contributed by atoms with E-state index in [2.05, 4.69) is 0 Å². The summed E-state index contributed by atoms with van der Waals surface area (Å²) in [5.41, 5.74) is 6.06. The van der Waals surface area contributed by atoms with Gasteiger partial charge in [0, 0.05) is 13.6 Å². The van der Waals surface area contributed by atoms with Crippen molar-refractivity contribution in [1.29, 1.82) is 0 Å². The standard InChI is InChI=1S/C12H20N2O3S/c1-10-9-11(17-3)5-6-12(10)18(15,16)14(2)8-4-7-13/h5-6,9H,4,7-8,13H2,1-3H3. The van der Waals surface area contributed by atoms with Crippen LogP contribution in [0, 0.1) is 6.92 Å². The highest BCUT2D eigenvalue weighted by Crippen LogP contribution is 2.23. The smallest absolute Gasteiger partial charge is 0.243 e. The van der Waals surface area contributed by atoms with E-state index in [0.717, 1.165) is 0 Å². The van der Waals surface area contributed by atoms with E-state index in [1.165, 1.54) is 4.31 Å². The molecular weight excluding hydrogens is 252 g/mol. The van der Waals surface area contributed by atoms with Crippen molar-refractivity contribution >= 4 is 10.0 Å². The lowest BCUT2D eigenvalue weighted by Crippen LogP contribution is -2.29. The molecule has 0 aliphatic carbocycles. The normalized spacial score (nSPS) is 11.8. The predicted octanol–water partition coefficient (Wildman–Crippen LogP) is 0.973. The largest absolute Gasteiger partial charge is 0.497 e. The Kier molecular flexibility index (Phi) is 5.13. The topological polar surface area (TPSA) is 72.6 Å². The second-order valence-corrected chi connectivity index (χ2v) is 6.11. The molecule has 0 radical (unpaired) electrons. The maximum atomic E-state index is 12.3. The van der Waals surface area contributed by atoms with E-state index < -0.39 is 10.0 Å². The zero-order valence-corrected chi connectivity index (χ0v) is 11.8. The van der Waals surface area contributed by atoms with Gasteiger partial charge in [0.25, 0.3) is 0 Å². The average Bonchev–Trinajstić information content (AvgIpc) is 2.35. The summed E-state index contributed by atoms with van der Waals surface area (Å²) in [7, 11) is -0.329. The minimum atomic E-state index is -3.44. The summed E-state index contributed by atoms with van der Waals surface area (Å²) in [4.78, 5) is 0.308. The molecular formula is C12H20N2O3S. The van der Waals surface area contributed by atoms with E-state index in [0.29, 0.717) is 35.7 Å². The van der Waals surface area contributed by atoms with Gasteiger partial charge >= 0.3 is 0 Å². The summed E-state index contributed by atoms with van der Waals surface area (Å²) in [6.45, 7) is 2.65. The number of nitrogens with zero attached hydrogens (tertiary/aromatic N) is 1. The van der Waals surface area contributed by atoms with E-state index in [-0.39, 0.29) is 0 Å². The van der Waals surface area contributed by atoms with Gasteiger partial charge in [0.2, 0.25) is 10.0 Å². The van der Waals surface area contributed by atoms with E-state index in [9.17, 15) is 8.42 Å². The average molecular weight is 272 g/mol. The van der Waals surface area contributed by atoms with Gasteiger partial charge in [0.1, 0.15) is 5.75 Å².